The van der Waals surface area contributed by atoms with Crippen molar-refractivity contribution in [2.24, 2.45) is 0 Å². The normalized spacial score (nSPS) is 10.4. The van der Waals surface area contributed by atoms with Crippen LogP contribution in [0.4, 0.5) is 0 Å². The van der Waals surface area contributed by atoms with E-state index in [1.807, 2.05) is 0 Å². The van der Waals surface area contributed by atoms with Crippen molar-refractivity contribution in [3.8, 4) is 0 Å². The predicted molar refractivity (Wildman–Crippen MR) is 42.2 cm³/mol. The summed E-state index contributed by atoms with van der Waals surface area (Å²) in [4.78, 5) is 4.40. The number of aromatic nitrogens is 2. The highest BCUT2D eigenvalue weighted by Gasteiger charge is 2.01. The van der Waals surface area contributed by atoms with E-state index < -0.39 is 0 Å². The zero-order valence-corrected chi connectivity index (χ0v) is 7.80. The molecule has 1 aromatic rings. The van der Waals surface area contributed by atoms with Crippen LogP contribution in [0.2, 0.25) is 0 Å². The van der Waals surface area contributed by atoms with E-state index in [2.05, 4.69) is 26.1 Å². The molecule has 0 saturated carbocycles. The minimum atomic E-state index is 0.435. The number of methoxy groups -OCH3 is 1. The number of hydrogen-bond donors (Lipinski definition) is 0. The Morgan fingerprint density at radius 3 is 3.00 bits per heavy atom. The Bertz CT molecular complexity index is 214. The van der Waals surface area contributed by atoms with Crippen LogP contribution in [-0.4, -0.2) is 23.9 Å². The van der Waals surface area contributed by atoms with Crippen LogP contribution in [0.1, 0.15) is 12.2 Å². The van der Waals surface area contributed by atoms with Gasteiger partial charge in [0.05, 0.1) is 0 Å². The minimum Gasteiger partial charge on any atom is -0.385 e. The molecule has 0 aromatic carbocycles. The van der Waals surface area contributed by atoms with E-state index in [9.17, 15) is 0 Å². The SMILES string of the molecule is COCCCc1noc(Br)n1. The van der Waals surface area contributed by atoms with E-state index in [0.717, 1.165) is 19.4 Å². The summed E-state index contributed by atoms with van der Waals surface area (Å²) in [6.45, 7) is 0.728. The van der Waals surface area contributed by atoms with Crippen LogP contribution in [0.25, 0.3) is 0 Å². The maximum Gasteiger partial charge on any atom is 0.293 e. The number of halogens is 1. The van der Waals surface area contributed by atoms with E-state index in [0.29, 0.717) is 10.6 Å². The zero-order valence-electron chi connectivity index (χ0n) is 6.21. The molecule has 0 aliphatic rings. The molecule has 0 spiro atoms. The Kier molecular flexibility index (Phi) is 3.51. The van der Waals surface area contributed by atoms with Crippen molar-refractivity contribution in [3.63, 3.8) is 0 Å². The molecule has 0 N–H and O–H groups in total. The number of nitrogens with zero attached hydrogens (tertiary/aromatic N) is 2. The second kappa shape index (κ2) is 4.46. The quantitative estimate of drug-likeness (QED) is 0.721. The van der Waals surface area contributed by atoms with E-state index >= 15 is 0 Å². The molecule has 0 bridgehead atoms. The smallest absolute Gasteiger partial charge is 0.293 e. The van der Waals surface area contributed by atoms with Gasteiger partial charge in [-0.3, -0.25) is 0 Å². The predicted octanol–water partition coefficient (Wildman–Crippen LogP) is 1.41. The topological polar surface area (TPSA) is 48.2 Å². The molecule has 1 aromatic heterocycles. The highest BCUT2D eigenvalue weighted by atomic mass is 79.9. The standard InChI is InChI=1S/C6H9BrN2O2/c1-10-4-2-3-5-8-6(7)11-9-5/h2-4H2,1H3. The van der Waals surface area contributed by atoms with Crippen LogP contribution in [0.5, 0.6) is 0 Å². The summed E-state index contributed by atoms with van der Waals surface area (Å²) in [5.41, 5.74) is 0. The summed E-state index contributed by atoms with van der Waals surface area (Å²) in [6, 6.07) is 0. The van der Waals surface area contributed by atoms with E-state index in [1.54, 1.807) is 7.11 Å². The third kappa shape index (κ3) is 2.98. The average molecular weight is 221 g/mol. The fourth-order valence-corrected chi connectivity index (χ4v) is 0.986. The first-order valence-electron chi connectivity index (χ1n) is 3.30. The van der Waals surface area contributed by atoms with Crippen LogP contribution in [0, 0.1) is 0 Å². The monoisotopic (exact) mass is 220 g/mol. The van der Waals surface area contributed by atoms with Crippen LogP contribution >= 0.6 is 15.9 Å². The molecule has 0 aliphatic heterocycles. The lowest BCUT2D eigenvalue weighted by Crippen LogP contribution is -1.93. The van der Waals surface area contributed by atoms with Gasteiger partial charge in [0.2, 0.25) is 0 Å². The van der Waals surface area contributed by atoms with Crippen molar-refractivity contribution in [3.05, 3.63) is 10.6 Å². The molecule has 0 amide bonds. The van der Waals surface area contributed by atoms with Gasteiger partial charge in [0.15, 0.2) is 5.82 Å². The summed E-state index contributed by atoms with van der Waals surface area (Å²) in [5, 5.41) is 3.70. The summed E-state index contributed by atoms with van der Waals surface area (Å²) in [7, 11) is 1.67. The fraction of sp³-hybridized carbons (Fsp3) is 0.667. The van der Waals surface area contributed by atoms with Gasteiger partial charge < -0.3 is 9.26 Å². The number of hydrogen-bond acceptors (Lipinski definition) is 4. The molecule has 0 fully saturated rings. The molecule has 5 heteroatoms. The Morgan fingerprint density at radius 1 is 1.64 bits per heavy atom. The van der Waals surface area contributed by atoms with Crippen molar-refractivity contribution in [2.75, 3.05) is 13.7 Å². The molecule has 62 valence electrons. The van der Waals surface area contributed by atoms with Crippen LogP contribution < -0.4 is 0 Å². The molecule has 4 nitrogen and oxygen atoms in total. The lowest BCUT2D eigenvalue weighted by atomic mass is 10.3. The van der Waals surface area contributed by atoms with Gasteiger partial charge in [-0.15, -0.1) is 0 Å². The van der Waals surface area contributed by atoms with Crippen LogP contribution in [0.3, 0.4) is 0 Å². The lowest BCUT2D eigenvalue weighted by molar-refractivity contribution is 0.194. The molecular formula is C6H9BrN2O2. The van der Waals surface area contributed by atoms with Gasteiger partial charge in [0, 0.05) is 36.1 Å². The number of rotatable bonds is 4. The molecule has 0 saturated heterocycles. The summed E-state index contributed by atoms with van der Waals surface area (Å²) in [5.74, 6) is 0.717. The second-order valence-electron chi connectivity index (χ2n) is 2.06. The lowest BCUT2D eigenvalue weighted by Gasteiger charge is -1.92. The van der Waals surface area contributed by atoms with E-state index in [1.165, 1.54) is 0 Å². The van der Waals surface area contributed by atoms with Crippen molar-refractivity contribution >= 4 is 15.9 Å². The summed E-state index contributed by atoms with van der Waals surface area (Å²) in [6.07, 6.45) is 1.71. The van der Waals surface area contributed by atoms with Gasteiger partial charge in [-0.2, -0.15) is 4.98 Å². The Labute approximate surface area is 73.1 Å². The van der Waals surface area contributed by atoms with Gasteiger partial charge in [-0.25, -0.2) is 0 Å². The molecule has 0 unspecified atom stereocenters. The fourth-order valence-electron chi connectivity index (χ4n) is 0.709. The molecule has 0 radical (unpaired) electrons. The Balaban J connectivity index is 2.27. The van der Waals surface area contributed by atoms with Crippen molar-refractivity contribution in [1.82, 2.24) is 10.1 Å². The molecule has 11 heavy (non-hydrogen) atoms. The van der Waals surface area contributed by atoms with Gasteiger partial charge in [0.25, 0.3) is 4.80 Å². The van der Waals surface area contributed by atoms with Gasteiger partial charge in [-0.05, 0) is 6.42 Å². The molecule has 0 atom stereocenters. The van der Waals surface area contributed by atoms with Gasteiger partial charge in [-0.1, -0.05) is 5.16 Å². The summed E-state index contributed by atoms with van der Waals surface area (Å²) < 4.78 is 9.58. The maximum atomic E-state index is 4.87. The van der Waals surface area contributed by atoms with E-state index in [4.69, 9.17) is 9.26 Å². The number of ether oxygens (including phenoxy) is 1. The van der Waals surface area contributed by atoms with Crippen LogP contribution in [-0.2, 0) is 11.2 Å². The average Bonchev–Trinajstić information content (AvgIpc) is 2.37. The third-order valence-corrected chi connectivity index (χ3v) is 1.51. The Morgan fingerprint density at radius 2 is 2.45 bits per heavy atom. The highest BCUT2D eigenvalue weighted by Crippen LogP contribution is 2.05. The van der Waals surface area contributed by atoms with Gasteiger partial charge >= 0.3 is 0 Å². The van der Waals surface area contributed by atoms with Crippen molar-refractivity contribution in [2.45, 2.75) is 12.8 Å². The third-order valence-electron chi connectivity index (χ3n) is 1.19. The van der Waals surface area contributed by atoms with Crippen molar-refractivity contribution < 1.29 is 9.26 Å². The largest absolute Gasteiger partial charge is 0.385 e. The molecule has 0 aliphatic carbocycles. The Hall–Kier alpha value is -0.420. The van der Waals surface area contributed by atoms with Gasteiger partial charge in [0.1, 0.15) is 0 Å². The first-order chi connectivity index (χ1) is 5.33. The maximum absolute atomic E-state index is 4.87. The first kappa shape index (κ1) is 8.67. The van der Waals surface area contributed by atoms with Crippen molar-refractivity contribution in [1.29, 1.82) is 0 Å². The molecule has 1 heterocycles. The summed E-state index contributed by atoms with van der Waals surface area (Å²) >= 11 is 3.07. The molecular weight excluding hydrogens is 212 g/mol. The first-order valence-corrected chi connectivity index (χ1v) is 4.09. The number of aryl methyl sites for hydroxylation is 1. The minimum absolute atomic E-state index is 0.435. The molecule has 1 rings (SSSR count). The highest BCUT2D eigenvalue weighted by molar-refractivity contribution is 9.10. The van der Waals surface area contributed by atoms with Crippen LogP contribution in [0.15, 0.2) is 9.32 Å². The second-order valence-corrected chi connectivity index (χ2v) is 2.74. The zero-order chi connectivity index (χ0) is 8.10. The van der Waals surface area contributed by atoms with E-state index in [-0.39, 0.29) is 0 Å².